The van der Waals surface area contributed by atoms with Gasteiger partial charge >= 0.3 is 6.03 Å². The Labute approximate surface area is 164 Å². The maximum atomic E-state index is 12.5. The molecule has 0 saturated heterocycles. The first-order valence-electron chi connectivity index (χ1n) is 9.43. The lowest BCUT2D eigenvalue weighted by Gasteiger charge is -2.21. The molecule has 3 rings (SSSR count). The van der Waals surface area contributed by atoms with Gasteiger partial charge < -0.3 is 26.8 Å². The summed E-state index contributed by atoms with van der Waals surface area (Å²) in [6, 6.07) is 15.4. The van der Waals surface area contributed by atoms with E-state index >= 15 is 0 Å². The minimum atomic E-state index is -0.690. The predicted molar refractivity (Wildman–Crippen MR) is 107 cm³/mol. The van der Waals surface area contributed by atoms with Crippen molar-refractivity contribution in [3.05, 3.63) is 60.2 Å². The molecule has 0 aliphatic heterocycles. The molecule has 2 aromatic rings. The standard InChI is InChI=1S/C21H26N4O3/c22-13-19(14-9-10-14)24-20(26)12-18(25-21(23)27)15-5-4-8-17(11-15)28-16-6-2-1-3-7-16/h1-8,11,14,18-19H,9-10,12-13,22H2,(H,24,26)(H3,23,25,27). The SMILES string of the molecule is NCC(NC(=O)CC(NC(N)=O)c1cccc(Oc2ccccc2)c1)C1CC1. The third-order valence-corrected chi connectivity index (χ3v) is 4.74. The number of ether oxygens (including phenoxy) is 1. The van der Waals surface area contributed by atoms with E-state index in [1.807, 2.05) is 48.5 Å². The number of para-hydroxylation sites is 1. The normalized spacial score (nSPS) is 15.3. The second kappa shape index (κ2) is 9.23. The molecule has 0 heterocycles. The maximum absolute atomic E-state index is 12.5. The Morgan fingerprint density at radius 1 is 1.04 bits per heavy atom. The van der Waals surface area contributed by atoms with Crippen LogP contribution in [0.2, 0.25) is 0 Å². The summed E-state index contributed by atoms with van der Waals surface area (Å²) in [6.45, 7) is 0.407. The number of amides is 3. The second-order valence-corrected chi connectivity index (χ2v) is 7.00. The lowest BCUT2D eigenvalue weighted by molar-refractivity contribution is -0.122. The fourth-order valence-electron chi connectivity index (χ4n) is 3.16. The summed E-state index contributed by atoms with van der Waals surface area (Å²) in [7, 11) is 0. The number of carbonyl (C=O) groups is 2. The lowest BCUT2D eigenvalue weighted by Crippen LogP contribution is -2.43. The van der Waals surface area contributed by atoms with Crippen molar-refractivity contribution < 1.29 is 14.3 Å². The van der Waals surface area contributed by atoms with E-state index in [1.165, 1.54) is 0 Å². The van der Waals surface area contributed by atoms with Crippen LogP contribution in [0, 0.1) is 5.92 Å². The molecule has 0 spiro atoms. The Hall–Kier alpha value is -3.06. The predicted octanol–water partition coefficient (Wildman–Crippen LogP) is 2.43. The van der Waals surface area contributed by atoms with Gasteiger partial charge in [0.1, 0.15) is 11.5 Å². The van der Waals surface area contributed by atoms with Gasteiger partial charge in [0.15, 0.2) is 0 Å². The van der Waals surface area contributed by atoms with Crippen molar-refractivity contribution in [3.8, 4) is 11.5 Å². The summed E-state index contributed by atoms with van der Waals surface area (Å²) in [5.41, 5.74) is 11.8. The molecule has 0 radical (unpaired) electrons. The molecule has 7 nitrogen and oxygen atoms in total. The van der Waals surface area contributed by atoms with Crippen molar-refractivity contribution in [2.24, 2.45) is 17.4 Å². The van der Waals surface area contributed by atoms with Crippen molar-refractivity contribution in [2.75, 3.05) is 6.54 Å². The van der Waals surface area contributed by atoms with E-state index in [2.05, 4.69) is 10.6 Å². The molecule has 6 N–H and O–H groups in total. The number of carbonyl (C=O) groups excluding carboxylic acids is 2. The van der Waals surface area contributed by atoms with Crippen LogP contribution in [0.4, 0.5) is 4.79 Å². The summed E-state index contributed by atoms with van der Waals surface area (Å²) in [4.78, 5) is 24.0. The van der Waals surface area contributed by atoms with Gasteiger partial charge in [-0.15, -0.1) is 0 Å². The minimum absolute atomic E-state index is 0.0190. The summed E-state index contributed by atoms with van der Waals surface area (Å²) in [6.07, 6.45) is 2.24. The molecule has 28 heavy (non-hydrogen) atoms. The van der Waals surface area contributed by atoms with Crippen LogP contribution in [0.3, 0.4) is 0 Å². The largest absolute Gasteiger partial charge is 0.457 e. The zero-order valence-electron chi connectivity index (χ0n) is 15.6. The van der Waals surface area contributed by atoms with Gasteiger partial charge in [0.2, 0.25) is 5.91 Å². The van der Waals surface area contributed by atoms with Gasteiger partial charge in [-0.25, -0.2) is 4.79 Å². The number of urea groups is 1. The first-order chi connectivity index (χ1) is 13.5. The average Bonchev–Trinajstić information content (AvgIpc) is 3.51. The molecule has 0 bridgehead atoms. The Morgan fingerprint density at radius 2 is 1.75 bits per heavy atom. The highest BCUT2D eigenvalue weighted by molar-refractivity contribution is 5.79. The molecule has 1 fully saturated rings. The third kappa shape index (κ3) is 5.72. The Bertz CT molecular complexity index is 808. The van der Waals surface area contributed by atoms with E-state index in [4.69, 9.17) is 16.2 Å². The van der Waals surface area contributed by atoms with Crippen LogP contribution < -0.4 is 26.8 Å². The fourth-order valence-corrected chi connectivity index (χ4v) is 3.16. The van der Waals surface area contributed by atoms with Crippen molar-refractivity contribution in [1.82, 2.24) is 10.6 Å². The Balaban J connectivity index is 1.70. The average molecular weight is 382 g/mol. The highest BCUT2D eigenvalue weighted by Crippen LogP contribution is 2.32. The molecule has 1 aliphatic rings. The van der Waals surface area contributed by atoms with Gasteiger partial charge in [-0.05, 0) is 48.6 Å². The Morgan fingerprint density at radius 3 is 2.39 bits per heavy atom. The van der Waals surface area contributed by atoms with Gasteiger partial charge in [0.05, 0.1) is 12.5 Å². The summed E-state index contributed by atoms with van der Waals surface area (Å²) in [5.74, 6) is 1.60. The van der Waals surface area contributed by atoms with Crippen LogP contribution in [-0.2, 0) is 4.79 Å². The third-order valence-electron chi connectivity index (χ3n) is 4.74. The van der Waals surface area contributed by atoms with E-state index in [0.29, 0.717) is 24.0 Å². The molecule has 0 aromatic heterocycles. The highest BCUT2D eigenvalue weighted by atomic mass is 16.5. The summed E-state index contributed by atoms with van der Waals surface area (Å²) >= 11 is 0. The van der Waals surface area contributed by atoms with Crippen LogP contribution in [0.1, 0.15) is 30.9 Å². The van der Waals surface area contributed by atoms with E-state index in [-0.39, 0.29) is 18.4 Å². The maximum Gasteiger partial charge on any atom is 0.312 e. The van der Waals surface area contributed by atoms with Crippen molar-refractivity contribution in [2.45, 2.75) is 31.3 Å². The monoisotopic (exact) mass is 382 g/mol. The van der Waals surface area contributed by atoms with Crippen LogP contribution >= 0.6 is 0 Å². The first-order valence-corrected chi connectivity index (χ1v) is 9.43. The molecule has 7 heteroatoms. The van der Waals surface area contributed by atoms with Crippen molar-refractivity contribution in [3.63, 3.8) is 0 Å². The fraction of sp³-hybridized carbons (Fsp3) is 0.333. The zero-order valence-corrected chi connectivity index (χ0v) is 15.6. The lowest BCUT2D eigenvalue weighted by atomic mass is 10.0. The molecule has 1 aliphatic carbocycles. The van der Waals surface area contributed by atoms with Crippen molar-refractivity contribution in [1.29, 1.82) is 0 Å². The molecular formula is C21H26N4O3. The molecule has 2 atom stereocenters. The number of benzene rings is 2. The van der Waals surface area contributed by atoms with Gasteiger partial charge in [-0.2, -0.15) is 0 Å². The van der Waals surface area contributed by atoms with Gasteiger partial charge in [-0.3, -0.25) is 4.79 Å². The van der Waals surface area contributed by atoms with Crippen LogP contribution in [0.15, 0.2) is 54.6 Å². The quantitative estimate of drug-likeness (QED) is 0.532. The highest BCUT2D eigenvalue weighted by Gasteiger charge is 2.31. The first kappa shape index (κ1) is 19.7. The second-order valence-electron chi connectivity index (χ2n) is 7.00. The van der Waals surface area contributed by atoms with Crippen LogP contribution in [-0.4, -0.2) is 24.5 Å². The number of hydrogen-bond donors (Lipinski definition) is 4. The van der Waals surface area contributed by atoms with Crippen molar-refractivity contribution >= 4 is 11.9 Å². The van der Waals surface area contributed by atoms with E-state index in [1.54, 1.807) is 6.07 Å². The number of nitrogens with one attached hydrogen (secondary N) is 2. The van der Waals surface area contributed by atoms with Gasteiger partial charge in [-0.1, -0.05) is 30.3 Å². The molecule has 3 amide bonds. The van der Waals surface area contributed by atoms with E-state index in [9.17, 15) is 9.59 Å². The number of primary amides is 1. The number of nitrogens with two attached hydrogens (primary N) is 2. The van der Waals surface area contributed by atoms with Crippen LogP contribution in [0.25, 0.3) is 0 Å². The smallest absolute Gasteiger partial charge is 0.312 e. The summed E-state index contributed by atoms with van der Waals surface area (Å²) < 4.78 is 5.84. The zero-order chi connectivity index (χ0) is 19.9. The molecule has 148 valence electrons. The molecular weight excluding hydrogens is 356 g/mol. The van der Waals surface area contributed by atoms with Crippen LogP contribution in [0.5, 0.6) is 11.5 Å². The number of hydrogen-bond acceptors (Lipinski definition) is 4. The topological polar surface area (TPSA) is 119 Å². The van der Waals surface area contributed by atoms with Gasteiger partial charge in [0.25, 0.3) is 0 Å². The molecule has 2 unspecified atom stereocenters. The minimum Gasteiger partial charge on any atom is -0.457 e. The molecule has 1 saturated carbocycles. The van der Waals surface area contributed by atoms with E-state index < -0.39 is 12.1 Å². The Kier molecular flexibility index (Phi) is 6.49. The van der Waals surface area contributed by atoms with Gasteiger partial charge in [0, 0.05) is 12.6 Å². The number of rotatable bonds is 9. The van der Waals surface area contributed by atoms with E-state index in [0.717, 1.165) is 18.4 Å². The summed E-state index contributed by atoms with van der Waals surface area (Å²) in [5, 5.41) is 5.61. The molecule has 2 aromatic carbocycles.